The molecule has 0 amide bonds. The summed E-state index contributed by atoms with van der Waals surface area (Å²) in [4.78, 5) is 10.9. The van der Waals surface area contributed by atoms with E-state index in [1.54, 1.807) is 12.1 Å². The van der Waals surface area contributed by atoms with Crippen LogP contribution in [-0.2, 0) is 6.42 Å². The van der Waals surface area contributed by atoms with Crippen molar-refractivity contribution in [3.63, 3.8) is 0 Å². The van der Waals surface area contributed by atoms with E-state index in [2.05, 4.69) is 30.9 Å². The Balaban J connectivity index is 0.000000705. The van der Waals surface area contributed by atoms with Crippen molar-refractivity contribution >= 4 is 17.6 Å². The van der Waals surface area contributed by atoms with Gasteiger partial charge in [-0.25, -0.2) is 4.79 Å². The molecule has 2 nitrogen and oxygen atoms in total. The molecule has 2 rings (SSSR count). The van der Waals surface area contributed by atoms with Gasteiger partial charge in [-0.2, -0.15) is 0 Å². The van der Waals surface area contributed by atoms with Crippen LogP contribution in [0.3, 0.4) is 0 Å². The molecule has 0 aliphatic heterocycles. The lowest BCUT2D eigenvalue weighted by Crippen LogP contribution is -2.04. The molecule has 0 heterocycles. The molecule has 0 aromatic heterocycles. The van der Waals surface area contributed by atoms with Gasteiger partial charge in [0.1, 0.15) is 0 Å². The van der Waals surface area contributed by atoms with Gasteiger partial charge in [0.15, 0.2) is 0 Å². The number of aromatic carboxylic acids is 1. The first-order valence-corrected chi connectivity index (χ1v) is 8.80. The second kappa shape index (κ2) is 11.3. The van der Waals surface area contributed by atoms with Crippen LogP contribution >= 0.6 is 11.6 Å². The molecule has 0 saturated heterocycles. The normalized spacial score (nSPS) is 10.7. The molecule has 0 radical (unpaired) electrons. The second-order valence-electron chi connectivity index (χ2n) is 5.74. The maximum atomic E-state index is 10.9. The molecule has 2 aromatic carbocycles. The Morgan fingerprint density at radius 1 is 1.04 bits per heavy atom. The van der Waals surface area contributed by atoms with Crippen molar-refractivity contribution in [1.29, 1.82) is 0 Å². The fourth-order valence-corrected chi connectivity index (χ4v) is 2.66. The number of carboxylic acid groups (broad SMARTS) is 1. The third-order valence-corrected chi connectivity index (χ3v) is 4.16. The number of benzene rings is 2. The van der Waals surface area contributed by atoms with Gasteiger partial charge in [-0.05, 0) is 68.0 Å². The van der Waals surface area contributed by atoms with Gasteiger partial charge in [0.25, 0.3) is 0 Å². The van der Waals surface area contributed by atoms with Crippen LogP contribution in [0.25, 0.3) is 0 Å². The van der Waals surface area contributed by atoms with Crippen LogP contribution in [-0.4, -0.2) is 11.1 Å². The molecule has 0 saturated carbocycles. The summed E-state index contributed by atoms with van der Waals surface area (Å²) in [5.41, 5.74) is 2.78. The van der Waals surface area contributed by atoms with E-state index < -0.39 is 5.97 Å². The van der Waals surface area contributed by atoms with Gasteiger partial charge in [-0.15, -0.1) is 11.8 Å². The van der Waals surface area contributed by atoms with Crippen LogP contribution < -0.4 is 0 Å². The van der Waals surface area contributed by atoms with E-state index in [1.807, 2.05) is 38.1 Å². The van der Waals surface area contributed by atoms with Crippen molar-refractivity contribution in [2.45, 2.75) is 46.0 Å². The van der Waals surface area contributed by atoms with Gasteiger partial charge >= 0.3 is 5.97 Å². The lowest BCUT2D eigenvalue weighted by atomic mass is 9.88. The molecule has 25 heavy (non-hydrogen) atoms. The predicted molar refractivity (Wildman–Crippen MR) is 105 cm³/mol. The number of rotatable bonds is 6. The summed E-state index contributed by atoms with van der Waals surface area (Å²) < 4.78 is 0. The molecule has 2 aromatic rings. The van der Waals surface area contributed by atoms with Crippen molar-refractivity contribution in [3.05, 3.63) is 70.2 Å². The molecule has 132 valence electrons. The fourth-order valence-electron chi connectivity index (χ4n) is 2.54. The van der Waals surface area contributed by atoms with E-state index in [9.17, 15) is 4.79 Å². The first kappa shape index (κ1) is 20.8. The van der Waals surface area contributed by atoms with Gasteiger partial charge in [0.05, 0.1) is 5.56 Å². The van der Waals surface area contributed by atoms with Gasteiger partial charge in [0.2, 0.25) is 0 Å². The standard InChI is InChI=1S/C18H19ClO2.C4H6/c1-2-3-16(12-13-4-10-17(19)11-5-13)14-6-8-15(9-7-14)18(20)21;1-3-4-2/h4-11,16H,2-3,12H2,1H3,(H,20,21);1-2H3/t16-;/m0./s1. The van der Waals surface area contributed by atoms with Crippen molar-refractivity contribution in [2.75, 3.05) is 0 Å². The zero-order chi connectivity index (χ0) is 18.7. The van der Waals surface area contributed by atoms with Crippen molar-refractivity contribution in [2.24, 2.45) is 0 Å². The minimum atomic E-state index is -0.883. The highest BCUT2D eigenvalue weighted by Gasteiger charge is 2.12. The Kier molecular flexibility index (Phi) is 9.43. The number of hydrogen-bond donors (Lipinski definition) is 1. The maximum absolute atomic E-state index is 10.9. The number of halogens is 1. The van der Waals surface area contributed by atoms with E-state index in [1.165, 1.54) is 11.1 Å². The van der Waals surface area contributed by atoms with Crippen LogP contribution in [0.2, 0.25) is 5.02 Å². The Morgan fingerprint density at radius 2 is 1.60 bits per heavy atom. The van der Waals surface area contributed by atoms with Gasteiger partial charge in [-0.1, -0.05) is 49.2 Å². The van der Waals surface area contributed by atoms with Crippen LogP contribution in [0.5, 0.6) is 0 Å². The van der Waals surface area contributed by atoms with E-state index in [-0.39, 0.29) is 0 Å². The molecule has 1 atom stereocenters. The molecule has 0 aliphatic carbocycles. The average molecular weight is 357 g/mol. The summed E-state index contributed by atoms with van der Waals surface area (Å²) in [6, 6.07) is 15.2. The van der Waals surface area contributed by atoms with Gasteiger partial charge < -0.3 is 5.11 Å². The third-order valence-electron chi connectivity index (χ3n) is 3.91. The summed E-state index contributed by atoms with van der Waals surface area (Å²) in [5, 5.41) is 9.71. The molecular formula is C22H25ClO2. The minimum Gasteiger partial charge on any atom is -0.478 e. The SMILES string of the molecule is CC#CC.CCC[C@@H](Cc1ccc(Cl)cc1)c1ccc(C(=O)O)cc1. The monoisotopic (exact) mass is 356 g/mol. The maximum Gasteiger partial charge on any atom is 0.335 e. The lowest BCUT2D eigenvalue weighted by molar-refractivity contribution is 0.0697. The largest absolute Gasteiger partial charge is 0.478 e. The average Bonchev–Trinajstić information content (AvgIpc) is 2.63. The summed E-state index contributed by atoms with van der Waals surface area (Å²) in [5.74, 6) is 4.88. The topological polar surface area (TPSA) is 37.3 Å². The Hall–Kier alpha value is -2.24. The van der Waals surface area contributed by atoms with Gasteiger partial charge in [0, 0.05) is 5.02 Å². The summed E-state index contributed by atoms with van der Waals surface area (Å²) in [6.07, 6.45) is 3.12. The van der Waals surface area contributed by atoms with Crippen LogP contribution in [0.1, 0.15) is 61.0 Å². The molecule has 0 bridgehead atoms. The quantitative estimate of drug-likeness (QED) is 0.626. The van der Waals surface area contributed by atoms with Gasteiger partial charge in [-0.3, -0.25) is 0 Å². The molecule has 0 spiro atoms. The molecule has 3 heteroatoms. The highest BCUT2D eigenvalue weighted by molar-refractivity contribution is 6.30. The highest BCUT2D eigenvalue weighted by Crippen LogP contribution is 2.26. The molecule has 1 N–H and O–H groups in total. The Labute approximate surface area is 155 Å². The summed E-state index contributed by atoms with van der Waals surface area (Å²) >= 11 is 5.92. The first-order chi connectivity index (χ1) is 12.0. The third kappa shape index (κ3) is 7.45. The van der Waals surface area contributed by atoms with Crippen LogP contribution in [0, 0.1) is 11.8 Å². The number of carboxylic acids is 1. The highest BCUT2D eigenvalue weighted by atomic mass is 35.5. The summed E-state index contributed by atoms with van der Waals surface area (Å²) in [7, 11) is 0. The first-order valence-electron chi connectivity index (χ1n) is 8.43. The Morgan fingerprint density at radius 3 is 2.04 bits per heavy atom. The van der Waals surface area contributed by atoms with E-state index in [4.69, 9.17) is 16.7 Å². The molecule has 0 aliphatic rings. The second-order valence-corrected chi connectivity index (χ2v) is 6.18. The number of hydrogen-bond acceptors (Lipinski definition) is 1. The van der Waals surface area contributed by atoms with Crippen molar-refractivity contribution < 1.29 is 9.90 Å². The van der Waals surface area contributed by atoms with E-state index in [0.29, 0.717) is 11.5 Å². The van der Waals surface area contributed by atoms with Crippen molar-refractivity contribution in [1.82, 2.24) is 0 Å². The van der Waals surface area contributed by atoms with Crippen LogP contribution in [0.15, 0.2) is 48.5 Å². The Bertz CT molecular complexity index is 700. The molecule has 0 fully saturated rings. The number of carbonyl (C=O) groups is 1. The minimum absolute atomic E-state index is 0.334. The van der Waals surface area contributed by atoms with Crippen molar-refractivity contribution in [3.8, 4) is 11.8 Å². The zero-order valence-electron chi connectivity index (χ0n) is 15.1. The summed E-state index contributed by atoms with van der Waals surface area (Å²) in [6.45, 7) is 5.81. The fraction of sp³-hybridized carbons (Fsp3) is 0.318. The van der Waals surface area contributed by atoms with E-state index in [0.717, 1.165) is 24.3 Å². The lowest BCUT2D eigenvalue weighted by Gasteiger charge is -2.17. The van der Waals surface area contributed by atoms with Crippen LogP contribution in [0.4, 0.5) is 0 Å². The predicted octanol–water partition coefficient (Wildman–Crippen LogP) is 6.19. The molecular weight excluding hydrogens is 332 g/mol. The molecule has 0 unspecified atom stereocenters. The smallest absolute Gasteiger partial charge is 0.335 e. The zero-order valence-corrected chi connectivity index (χ0v) is 15.8. The van der Waals surface area contributed by atoms with E-state index >= 15 is 0 Å².